The largest absolute Gasteiger partial charge is 0.388 e. The molecule has 0 radical (unpaired) electrons. The first kappa shape index (κ1) is 29.5. The molecule has 3 heterocycles. The topological polar surface area (TPSA) is 134 Å². The van der Waals surface area contributed by atoms with E-state index in [9.17, 15) is 9.90 Å². The molecule has 1 saturated heterocycles. The van der Waals surface area contributed by atoms with Crippen LogP contribution in [0, 0.1) is 12.8 Å². The second-order valence-electron chi connectivity index (χ2n) is 8.64. The minimum atomic E-state index is -1.60. The molecule has 10 nitrogen and oxygen atoms in total. The third kappa shape index (κ3) is 7.29. The second kappa shape index (κ2) is 13.7. The van der Waals surface area contributed by atoms with Crippen LogP contribution in [0.15, 0.2) is 35.3 Å². The number of fused-ring (bicyclic) bond motifs is 1. The highest BCUT2D eigenvalue weighted by atomic mass is 35.5. The lowest BCUT2D eigenvalue weighted by Gasteiger charge is -2.20. The summed E-state index contributed by atoms with van der Waals surface area (Å²) in [4.78, 5) is 18.9. The van der Waals surface area contributed by atoms with Crippen LogP contribution in [0.25, 0.3) is 11.0 Å². The third-order valence-electron chi connectivity index (χ3n) is 5.95. The van der Waals surface area contributed by atoms with Gasteiger partial charge in [0.25, 0.3) is 5.56 Å². The molecule has 2 aromatic heterocycles. The van der Waals surface area contributed by atoms with Crippen LogP contribution in [-0.4, -0.2) is 46.1 Å². The average Bonchev–Trinajstić information content (AvgIpc) is 3.45. The molecule has 0 amide bonds. The van der Waals surface area contributed by atoms with E-state index in [1.807, 2.05) is 43.5 Å². The predicted molar refractivity (Wildman–Crippen MR) is 145 cm³/mol. The Balaban J connectivity index is 0.00000186. The van der Waals surface area contributed by atoms with Gasteiger partial charge in [-0.15, -0.1) is 0 Å². The molecular weight excluding hydrogens is 519 g/mol. The van der Waals surface area contributed by atoms with Crippen molar-refractivity contribution in [1.82, 2.24) is 14.5 Å². The van der Waals surface area contributed by atoms with E-state index in [2.05, 4.69) is 16.9 Å². The number of anilines is 1. The zero-order valence-corrected chi connectivity index (χ0v) is 23.5. The number of aliphatic hydroxyl groups excluding tert-OH is 1. The number of nitrogen functional groups attached to an aromatic ring is 1. The van der Waals surface area contributed by atoms with Gasteiger partial charge in [0.15, 0.2) is 5.65 Å². The van der Waals surface area contributed by atoms with Gasteiger partial charge in [-0.1, -0.05) is 44.5 Å². The van der Waals surface area contributed by atoms with Crippen molar-refractivity contribution < 1.29 is 23.4 Å². The molecule has 4 rings (SSSR count). The van der Waals surface area contributed by atoms with Gasteiger partial charge in [-0.3, -0.25) is 9.78 Å². The minimum absolute atomic E-state index is 0.0608. The van der Waals surface area contributed by atoms with Crippen molar-refractivity contribution in [2.45, 2.75) is 59.0 Å². The highest BCUT2D eigenvalue weighted by molar-refractivity contribution is 7.41. The SMILES string of the molecule is CC.COP(OCCC(O)c1ccc(C)cc1Cl)OCC1CC(C)C(n2ccc3c(=O)[nH]c(N)nc32)O1. The molecule has 0 bridgehead atoms. The molecule has 1 fully saturated rings. The van der Waals surface area contributed by atoms with Crippen LogP contribution in [-0.2, 0) is 18.3 Å². The number of rotatable bonds is 10. The average molecular weight is 555 g/mol. The summed E-state index contributed by atoms with van der Waals surface area (Å²) in [6, 6.07) is 7.26. The van der Waals surface area contributed by atoms with E-state index in [4.69, 9.17) is 35.6 Å². The highest BCUT2D eigenvalue weighted by Gasteiger charge is 2.35. The fourth-order valence-corrected chi connectivity index (χ4v) is 5.40. The summed E-state index contributed by atoms with van der Waals surface area (Å²) in [6.45, 7) is 8.54. The summed E-state index contributed by atoms with van der Waals surface area (Å²) >= 11 is 6.23. The van der Waals surface area contributed by atoms with Crippen molar-refractivity contribution in [3.05, 3.63) is 57.0 Å². The molecule has 5 unspecified atom stereocenters. The van der Waals surface area contributed by atoms with Crippen LogP contribution < -0.4 is 11.3 Å². The summed E-state index contributed by atoms with van der Waals surface area (Å²) in [5.41, 5.74) is 7.62. The number of aromatic nitrogens is 3. The number of aryl methyl sites for hydroxylation is 1. The van der Waals surface area contributed by atoms with E-state index < -0.39 is 14.7 Å². The van der Waals surface area contributed by atoms with Crippen molar-refractivity contribution in [2.75, 3.05) is 26.1 Å². The summed E-state index contributed by atoms with van der Waals surface area (Å²) < 4.78 is 24.9. The molecule has 1 aromatic carbocycles. The van der Waals surface area contributed by atoms with Gasteiger partial charge in [0.2, 0.25) is 5.95 Å². The van der Waals surface area contributed by atoms with Crippen molar-refractivity contribution in [3.8, 4) is 0 Å². The number of nitrogens with zero attached hydrogens (tertiary/aromatic N) is 2. The fourth-order valence-electron chi connectivity index (χ4n) is 4.21. The maximum absolute atomic E-state index is 12.1. The Bertz CT molecular complexity index is 1220. The molecular formula is C25H36ClN4O6P. The van der Waals surface area contributed by atoms with Crippen LogP contribution in [0.4, 0.5) is 5.95 Å². The smallest absolute Gasteiger partial charge is 0.332 e. The molecule has 0 saturated carbocycles. The Morgan fingerprint density at radius 1 is 1.35 bits per heavy atom. The molecule has 5 atom stereocenters. The molecule has 204 valence electrons. The van der Waals surface area contributed by atoms with Crippen LogP contribution in [0.1, 0.15) is 57.1 Å². The monoisotopic (exact) mass is 554 g/mol. The molecule has 3 aromatic rings. The second-order valence-corrected chi connectivity index (χ2v) is 10.4. The lowest BCUT2D eigenvalue weighted by Crippen LogP contribution is -2.18. The Morgan fingerprint density at radius 3 is 2.81 bits per heavy atom. The fraction of sp³-hybridized carbons (Fsp3) is 0.520. The van der Waals surface area contributed by atoms with Crippen molar-refractivity contribution in [3.63, 3.8) is 0 Å². The lowest BCUT2D eigenvalue weighted by atomic mass is 10.1. The Morgan fingerprint density at radius 2 is 2.11 bits per heavy atom. The maximum Gasteiger partial charge on any atom is 0.332 e. The number of aromatic amines is 1. The number of nitrogens with one attached hydrogen (secondary N) is 1. The molecule has 37 heavy (non-hydrogen) atoms. The molecule has 0 aliphatic carbocycles. The lowest BCUT2D eigenvalue weighted by molar-refractivity contribution is -0.0280. The Kier molecular flexibility index (Phi) is 10.9. The van der Waals surface area contributed by atoms with E-state index in [1.54, 1.807) is 12.3 Å². The van der Waals surface area contributed by atoms with Crippen LogP contribution in [0.5, 0.6) is 0 Å². The molecule has 0 spiro atoms. The van der Waals surface area contributed by atoms with E-state index in [0.29, 0.717) is 28.0 Å². The number of ether oxygens (including phenoxy) is 1. The first-order chi connectivity index (χ1) is 17.8. The van der Waals surface area contributed by atoms with E-state index in [1.165, 1.54) is 7.11 Å². The van der Waals surface area contributed by atoms with E-state index in [-0.39, 0.29) is 43.0 Å². The number of H-pyrrole nitrogens is 1. The minimum Gasteiger partial charge on any atom is -0.388 e. The summed E-state index contributed by atoms with van der Waals surface area (Å²) in [6.07, 6.45) is 1.64. The number of aliphatic hydroxyl groups is 1. The van der Waals surface area contributed by atoms with Gasteiger partial charge in [-0.05, 0) is 36.6 Å². The van der Waals surface area contributed by atoms with Gasteiger partial charge >= 0.3 is 8.60 Å². The Labute approximate surface area is 223 Å². The van der Waals surface area contributed by atoms with Gasteiger partial charge in [0.1, 0.15) is 6.23 Å². The molecule has 4 N–H and O–H groups in total. The van der Waals surface area contributed by atoms with Gasteiger partial charge in [0, 0.05) is 30.7 Å². The van der Waals surface area contributed by atoms with Crippen LogP contribution in [0.2, 0.25) is 5.02 Å². The van der Waals surface area contributed by atoms with Crippen LogP contribution >= 0.6 is 20.2 Å². The highest BCUT2D eigenvalue weighted by Crippen LogP contribution is 2.42. The quantitative estimate of drug-likeness (QED) is 0.289. The maximum atomic E-state index is 12.1. The molecule has 1 aliphatic rings. The first-order valence-electron chi connectivity index (χ1n) is 12.3. The first-order valence-corrected chi connectivity index (χ1v) is 13.8. The standard InChI is InChI=1S/C23H30ClN4O6P.C2H6/c1-13-4-5-16(18(24)10-13)19(29)7-9-32-35(31-3)33-12-15-11-14(2)22(34-15)28-8-6-17-20(28)26-23(25)27-21(17)30;1-2/h4-6,8,10,14-15,19,22,29H,7,9,11-12H2,1-3H3,(H3,25,26,27,30);1-2H3. The van der Waals surface area contributed by atoms with Gasteiger partial charge in [-0.25, -0.2) is 0 Å². The van der Waals surface area contributed by atoms with Crippen molar-refractivity contribution in [2.24, 2.45) is 5.92 Å². The van der Waals surface area contributed by atoms with Crippen molar-refractivity contribution in [1.29, 1.82) is 0 Å². The van der Waals surface area contributed by atoms with Gasteiger partial charge in [-0.2, -0.15) is 4.98 Å². The number of hydrogen-bond donors (Lipinski definition) is 3. The zero-order chi connectivity index (χ0) is 27.1. The summed E-state index contributed by atoms with van der Waals surface area (Å²) in [5.74, 6) is 0.219. The van der Waals surface area contributed by atoms with Crippen LogP contribution in [0.3, 0.4) is 0 Å². The zero-order valence-electron chi connectivity index (χ0n) is 21.8. The number of hydrogen-bond acceptors (Lipinski definition) is 8. The predicted octanol–water partition coefficient (Wildman–Crippen LogP) is 5.25. The number of nitrogens with two attached hydrogens (primary N) is 1. The molecule has 12 heteroatoms. The Hall–Kier alpha value is -2.04. The molecule has 1 aliphatic heterocycles. The van der Waals surface area contributed by atoms with Gasteiger partial charge in [0.05, 0.1) is 30.8 Å². The van der Waals surface area contributed by atoms with E-state index in [0.717, 1.165) is 12.0 Å². The van der Waals surface area contributed by atoms with Crippen molar-refractivity contribution >= 4 is 37.2 Å². The number of halogens is 1. The normalized spacial score (nSPS) is 21.0. The van der Waals surface area contributed by atoms with E-state index >= 15 is 0 Å². The summed E-state index contributed by atoms with van der Waals surface area (Å²) in [5, 5.41) is 11.4. The summed E-state index contributed by atoms with van der Waals surface area (Å²) in [7, 11) is -0.0893. The van der Waals surface area contributed by atoms with Gasteiger partial charge < -0.3 is 33.7 Å². The third-order valence-corrected chi connectivity index (χ3v) is 7.32. The number of benzene rings is 1.